The Morgan fingerprint density at radius 3 is 2.10 bits per heavy atom. The van der Waals surface area contributed by atoms with Crippen LogP contribution in [-0.4, -0.2) is 25.9 Å². The number of aromatic amines is 2. The number of hydrogen-bond acceptors (Lipinski definition) is 4. The highest BCUT2D eigenvalue weighted by Crippen LogP contribution is 2.24. The van der Waals surface area contributed by atoms with Gasteiger partial charge in [0, 0.05) is 28.7 Å². The van der Waals surface area contributed by atoms with Gasteiger partial charge < -0.3 is 14.7 Å². The minimum absolute atomic E-state index is 0.416. The molecule has 0 atom stereocenters. The Hall–Kier alpha value is -4.19. The van der Waals surface area contributed by atoms with Crippen LogP contribution in [-0.2, 0) is 4.79 Å². The summed E-state index contributed by atoms with van der Waals surface area (Å²) < 4.78 is 5.39. The zero-order valence-electron chi connectivity index (χ0n) is 15.3. The molecule has 6 heteroatoms. The number of nitrogens with one attached hydrogen (secondary N) is 2. The molecule has 2 aliphatic heterocycles. The number of nitrogens with zero attached hydrogens (tertiary/aromatic N) is 2. The number of hydrogen-bond donors (Lipinski definition) is 2. The minimum atomic E-state index is -0.518. The Kier molecular flexibility index (Phi) is 3.95. The number of carbonyl (C=O) groups excluding carboxylic acids is 1. The third-order valence-corrected chi connectivity index (χ3v) is 4.51. The minimum Gasteiger partial charge on any atom is -0.421 e. The predicted molar refractivity (Wildman–Crippen MR) is 115 cm³/mol. The van der Waals surface area contributed by atoms with Gasteiger partial charge in [-0.15, -0.1) is 0 Å². The first kappa shape index (κ1) is 16.9. The van der Waals surface area contributed by atoms with Crippen LogP contribution < -0.4 is 4.74 Å². The van der Waals surface area contributed by atoms with Crippen molar-refractivity contribution < 1.29 is 9.53 Å². The number of H-pyrrole nitrogens is 2. The van der Waals surface area contributed by atoms with Crippen LogP contribution in [0.2, 0.25) is 0 Å². The first-order valence-corrected chi connectivity index (χ1v) is 9.07. The smallest absolute Gasteiger partial charge is 0.335 e. The molecule has 0 spiro atoms. The topological polar surface area (TPSA) is 83.7 Å². The number of carbonyl (C=O) groups is 1. The fourth-order valence-corrected chi connectivity index (χ4v) is 3.23. The van der Waals surface area contributed by atoms with Crippen molar-refractivity contribution in [2.75, 3.05) is 0 Å². The standard InChI is InChI=1S/C23H16N4O2/c1-2-23(28)29-22-13-20-11-18-6-5-16(25-18)9-14-3-4-15(24-14)10-17-7-8-19(26-17)12-21(22)27-20/h2-13,25,27H,1H2. The van der Waals surface area contributed by atoms with Crippen LogP contribution in [0.4, 0.5) is 0 Å². The summed E-state index contributed by atoms with van der Waals surface area (Å²) in [6.07, 6.45) is 8.89. The van der Waals surface area contributed by atoms with Crippen molar-refractivity contribution in [1.82, 2.24) is 19.9 Å². The molecular formula is C23H16N4O2. The largest absolute Gasteiger partial charge is 0.421 e. The van der Waals surface area contributed by atoms with Crippen LogP contribution in [0.5, 0.6) is 5.75 Å². The molecule has 29 heavy (non-hydrogen) atoms. The average Bonchev–Trinajstić information content (AvgIpc) is 3.47. The van der Waals surface area contributed by atoms with E-state index in [9.17, 15) is 4.79 Å². The molecule has 3 aromatic heterocycles. The maximum Gasteiger partial charge on any atom is 0.335 e. The fraction of sp³-hybridized carbons (Fsp3) is 0. The van der Waals surface area contributed by atoms with E-state index in [-0.39, 0.29) is 0 Å². The Morgan fingerprint density at radius 2 is 1.41 bits per heavy atom. The molecular weight excluding hydrogens is 364 g/mol. The van der Waals surface area contributed by atoms with Crippen LogP contribution in [0.15, 0.2) is 55.1 Å². The Balaban J connectivity index is 1.80. The molecule has 6 nitrogen and oxygen atoms in total. The molecule has 0 radical (unpaired) electrons. The van der Waals surface area contributed by atoms with E-state index in [0.29, 0.717) is 11.3 Å². The maximum absolute atomic E-state index is 11.7. The summed E-state index contributed by atoms with van der Waals surface area (Å²) in [7, 11) is 0. The molecule has 0 aromatic carbocycles. The van der Waals surface area contributed by atoms with Crippen LogP contribution >= 0.6 is 0 Å². The second-order valence-electron chi connectivity index (χ2n) is 6.66. The lowest BCUT2D eigenvalue weighted by Gasteiger charge is -1.96. The summed E-state index contributed by atoms with van der Waals surface area (Å²) in [5.41, 5.74) is 6.55. The molecule has 2 aliphatic rings. The van der Waals surface area contributed by atoms with E-state index in [1.165, 1.54) is 0 Å². The van der Waals surface area contributed by atoms with Crippen molar-refractivity contribution in [3.05, 3.63) is 77.9 Å². The number of ether oxygens (including phenoxy) is 1. The van der Waals surface area contributed by atoms with Gasteiger partial charge in [0.2, 0.25) is 0 Å². The van der Waals surface area contributed by atoms with Gasteiger partial charge in [0.1, 0.15) is 0 Å². The summed E-state index contributed by atoms with van der Waals surface area (Å²) in [4.78, 5) is 27.6. The molecule has 2 N–H and O–H groups in total. The summed E-state index contributed by atoms with van der Waals surface area (Å²) in [5.74, 6) is -0.102. The van der Waals surface area contributed by atoms with Crippen molar-refractivity contribution >= 4 is 52.3 Å². The number of esters is 1. The van der Waals surface area contributed by atoms with E-state index in [1.54, 1.807) is 6.07 Å². The SMILES string of the molecule is C=CC(=O)Oc1cc2cc3ccc(cc4nc(cc5nc(cc1[nH]2)C=C5)C=C4)[nH]3. The molecule has 0 aliphatic carbocycles. The molecule has 0 fully saturated rings. The maximum atomic E-state index is 11.7. The van der Waals surface area contributed by atoms with E-state index in [4.69, 9.17) is 4.74 Å². The van der Waals surface area contributed by atoms with Crippen LogP contribution in [0.1, 0.15) is 22.8 Å². The molecule has 0 saturated carbocycles. The van der Waals surface area contributed by atoms with Gasteiger partial charge >= 0.3 is 5.97 Å². The molecule has 5 rings (SSSR count). The molecule has 0 unspecified atom stereocenters. The molecule has 3 aromatic rings. The predicted octanol–water partition coefficient (Wildman–Crippen LogP) is 4.75. The average molecular weight is 380 g/mol. The van der Waals surface area contributed by atoms with E-state index in [2.05, 4.69) is 26.5 Å². The molecule has 0 saturated heterocycles. The van der Waals surface area contributed by atoms with Crippen LogP contribution in [0, 0.1) is 0 Å². The Morgan fingerprint density at radius 1 is 0.793 bits per heavy atom. The quantitative estimate of drug-likeness (QED) is 0.342. The van der Waals surface area contributed by atoms with Gasteiger partial charge in [-0.3, -0.25) is 0 Å². The van der Waals surface area contributed by atoms with Gasteiger partial charge in [-0.25, -0.2) is 14.8 Å². The van der Waals surface area contributed by atoms with Gasteiger partial charge in [0.15, 0.2) is 5.75 Å². The van der Waals surface area contributed by atoms with E-state index in [1.807, 2.05) is 60.7 Å². The Bertz CT molecular complexity index is 1370. The summed E-state index contributed by atoms with van der Waals surface area (Å²) in [6, 6.07) is 13.4. The second kappa shape index (κ2) is 6.76. The number of fused-ring (bicyclic) bond motifs is 8. The number of rotatable bonds is 2. The van der Waals surface area contributed by atoms with Gasteiger partial charge in [-0.1, -0.05) is 6.58 Å². The lowest BCUT2D eigenvalue weighted by atomic mass is 10.3. The van der Waals surface area contributed by atoms with Crippen molar-refractivity contribution in [1.29, 1.82) is 0 Å². The van der Waals surface area contributed by atoms with Gasteiger partial charge in [0.05, 0.1) is 28.3 Å². The van der Waals surface area contributed by atoms with Gasteiger partial charge in [-0.2, -0.15) is 0 Å². The Labute approximate surface area is 165 Å². The van der Waals surface area contributed by atoms with Crippen LogP contribution in [0.25, 0.3) is 46.4 Å². The third kappa shape index (κ3) is 3.51. The van der Waals surface area contributed by atoms with Gasteiger partial charge in [0.25, 0.3) is 0 Å². The molecule has 140 valence electrons. The van der Waals surface area contributed by atoms with Crippen molar-refractivity contribution in [3.8, 4) is 5.75 Å². The van der Waals surface area contributed by atoms with Crippen molar-refractivity contribution in [2.24, 2.45) is 0 Å². The monoisotopic (exact) mass is 380 g/mol. The first-order valence-electron chi connectivity index (χ1n) is 9.07. The highest BCUT2D eigenvalue weighted by atomic mass is 16.5. The van der Waals surface area contributed by atoms with E-state index in [0.717, 1.165) is 45.4 Å². The lowest BCUT2D eigenvalue weighted by molar-refractivity contribution is -0.128. The first-order chi connectivity index (χ1) is 14.1. The summed E-state index contributed by atoms with van der Waals surface area (Å²) in [5, 5.41) is 0. The van der Waals surface area contributed by atoms with Gasteiger partial charge in [-0.05, 0) is 60.7 Å². The van der Waals surface area contributed by atoms with Crippen molar-refractivity contribution in [3.63, 3.8) is 0 Å². The molecule has 8 bridgehead atoms. The van der Waals surface area contributed by atoms with E-state index < -0.39 is 5.97 Å². The fourth-order valence-electron chi connectivity index (χ4n) is 3.23. The van der Waals surface area contributed by atoms with E-state index >= 15 is 0 Å². The highest BCUT2D eigenvalue weighted by Gasteiger charge is 2.08. The normalized spacial score (nSPS) is 12.1. The zero-order valence-corrected chi connectivity index (χ0v) is 15.3. The molecule has 5 heterocycles. The van der Waals surface area contributed by atoms with Crippen molar-refractivity contribution in [2.45, 2.75) is 0 Å². The summed E-state index contributed by atoms with van der Waals surface area (Å²) >= 11 is 0. The number of aromatic nitrogens is 4. The third-order valence-electron chi connectivity index (χ3n) is 4.51. The molecule has 0 amide bonds. The van der Waals surface area contributed by atoms with Crippen LogP contribution in [0.3, 0.4) is 0 Å². The second-order valence-corrected chi connectivity index (χ2v) is 6.66. The zero-order chi connectivity index (χ0) is 19.8. The lowest BCUT2D eigenvalue weighted by Crippen LogP contribution is -2.02. The highest BCUT2D eigenvalue weighted by molar-refractivity contribution is 5.87. The summed E-state index contributed by atoms with van der Waals surface area (Å²) in [6.45, 7) is 3.46.